The summed E-state index contributed by atoms with van der Waals surface area (Å²) in [5.41, 5.74) is -11.6. The second-order valence-corrected chi connectivity index (χ2v) is 4.15. The molecule has 0 aliphatic rings. The van der Waals surface area contributed by atoms with Gasteiger partial charge >= 0.3 is 23.9 Å². The normalized spacial score (nSPS) is 10.9. The van der Waals surface area contributed by atoms with Crippen LogP contribution in [0.5, 0.6) is 0 Å². The molecule has 0 aliphatic heterocycles. The minimum atomic E-state index is -3.95. The van der Waals surface area contributed by atoms with Crippen LogP contribution in [0, 0.1) is 0 Å². The first-order chi connectivity index (χ1) is 10.9. The molecule has 12 heteroatoms. The van der Waals surface area contributed by atoms with Crippen LogP contribution < -0.4 is 0 Å². The number of alkyl halides is 4. The Morgan fingerprint density at radius 3 is 0.792 bits per heavy atom. The van der Waals surface area contributed by atoms with E-state index in [0.29, 0.717) is 0 Å². The molecule has 0 aliphatic carbocycles. The van der Waals surface area contributed by atoms with E-state index in [1.165, 1.54) is 0 Å². The number of carboxylic acid groups (broad SMARTS) is 4. The third-order valence-corrected chi connectivity index (χ3v) is 2.87. The molecule has 1 rings (SSSR count). The lowest BCUT2D eigenvalue weighted by Gasteiger charge is -2.19. The molecule has 1 aromatic rings. The number of hydrogen-bond donors (Lipinski definition) is 4. The van der Waals surface area contributed by atoms with Crippen LogP contribution in [0.25, 0.3) is 0 Å². The molecule has 0 aromatic heterocycles. The Hall–Kier alpha value is -3.18. The highest BCUT2D eigenvalue weighted by Gasteiger charge is 2.41. The number of hydrogen-bond acceptors (Lipinski definition) is 4. The molecule has 0 amide bonds. The Morgan fingerprint density at radius 2 is 0.708 bits per heavy atom. The van der Waals surface area contributed by atoms with Gasteiger partial charge in [-0.2, -0.15) is 0 Å². The number of benzene rings is 1. The molecule has 8 nitrogen and oxygen atoms in total. The molecule has 0 unspecified atom stereocenters. The number of halogens is 4. The van der Waals surface area contributed by atoms with E-state index in [-0.39, 0.29) is 0 Å². The SMILES string of the molecule is O=C(O)c1c(C(=O)O)c(C(F)F)c(C(=O)O)c(C(=O)O)c1C(F)F. The zero-order chi connectivity index (χ0) is 18.9. The van der Waals surface area contributed by atoms with Gasteiger partial charge in [0.25, 0.3) is 12.9 Å². The molecule has 0 spiro atoms. The van der Waals surface area contributed by atoms with Gasteiger partial charge in [-0.1, -0.05) is 0 Å². The summed E-state index contributed by atoms with van der Waals surface area (Å²) in [6, 6.07) is 0. The number of rotatable bonds is 6. The Bertz CT molecular complexity index is 640. The lowest BCUT2D eigenvalue weighted by atomic mass is 9.86. The highest BCUT2D eigenvalue weighted by atomic mass is 19.3. The molecule has 0 saturated heterocycles. The Balaban J connectivity index is 4.41. The first-order valence-electron chi connectivity index (χ1n) is 5.66. The van der Waals surface area contributed by atoms with Crippen molar-refractivity contribution in [3.63, 3.8) is 0 Å². The van der Waals surface area contributed by atoms with E-state index in [9.17, 15) is 36.7 Å². The van der Waals surface area contributed by atoms with Crippen LogP contribution in [-0.2, 0) is 0 Å². The molecule has 0 bridgehead atoms. The smallest absolute Gasteiger partial charge is 0.337 e. The number of carbonyl (C=O) groups is 4. The van der Waals surface area contributed by atoms with Crippen molar-refractivity contribution in [2.75, 3.05) is 0 Å². The van der Waals surface area contributed by atoms with Gasteiger partial charge in [0.15, 0.2) is 0 Å². The molecular formula is C12H6F4O8. The zero-order valence-electron chi connectivity index (χ0n) is 11.1. The number of aromatic carboxylic acids is 4. The van der Waals surface area contributed by atoms with Gasteiger partial charge in [0.05, 0.1) is 22.3 Å². The van der Waals surface area contributed by atoms with Crippen LogP contribution in [0.3, 0.4) is 0 Å². The summed E-state index contributed by atoms with van der Waals surface area (Å²) in [5.74, 6) is -9.71. The second kappa shape index (κ2) is 6.52. The van der Waals surface area contributed by atoms with Crippen LogP contribution in [0.2, 0.25) is 0 Å². The van der Waals surface area contributed by atoms with Crippen LogP contribution in [0.15, 0.2) is 0 Å². The lowest BCUT2D eigenvalue weighted by molar-refractivity contribution is 0.0603. The van der Waals surface area contributed by atoms with E-state index in [1.807, 2.05) is 0 Å². The quantitative estimate of drug-likeness (QED) is 0.569. The van der Waals surface area contributed by atoms with E-state index in [2.05, 4.69) is 0 Å². The predicted octanol–water partition coefficient (Wildman–Crippen LogP) is 2.35. The largest absolute Gasteiger partial charge is 0.478 e. The second-order valence-electron chi connectivity index (χ2n) is 4.15. The van der Waals surface area contributed by atoms with Crippen molar-refractivity contribution in [1.82, 2.24) is 0 Å². The van der Waals surface area contributed by atoms with E-state index in [4.69, 9.17) is 20.4 Å². The average molecular weight is 354 g/mol. The van der Waals surface area contributed by atoms with Gasteiger partial charge in [-0.25, -0.2) is 36.7 Å². The van der Waals surface area contributed by atoms with Crippen LogP contribution in [-0.4, -0.2) is 44.3 Å². The summed E-state index contributed by atoms with van der Waals surface area (Å²) >= 11 is 0. The van der Waals surface area contributed by atoms with Gasteiger partial charge in [0.2, 0.25) is 0 Å². The molecule has 130 valence electrons. The van der Waals surface area contributed by atoms with Crippen molar-refractivity contribution < 1.29 is 57.2 Å². The van der Waals surface area contributed by atoms with Gasteiger partial charge in [0.1, 0.15) is 0 Å². The summed E-state index contributed by atoms with van der Waals surface area (Å²) in [5, 5.41) is 35.6. The minimum Gasteiger partial charge on any atom is -0.478 e. The Morgan fingerprint density at radius 1 is 0.542 bits per heavy atom. The molecule has 1 aromatic carbocycles. The van der Waals surface area contributed by atoms with Crippen LogP contribution in [0.4, 0.5) is 17.6 Å². The van der Waals surface area contributed by atoms with Crippen molar-refractivity contribution in [1.29, 1.82) is 0 Å². The van der Waals surface area contributed by atoms with Crippen molar-refractivity contribution in [2.45, 2.75) is 12.9 Å². The maximum absolute atomic E-state index is 13.1. The summed E-state index contributed by atoms with van der Waals surface area (Å²) in [4.78, 5) is 44.4. The molecule has 0 saturated carbocycles. The third-order valence-electron chi connectivity index (χ3n) is 2.87. The highest BCUT2D eigenvalue weighted by Crippen LogP contribution is 2.39. The van der Waals surface area contributed by atoms with E-state index in [0.717, 1.165) is 0 Å². The van der Waals surface area contributed by atoms with Gasteiger partial charge in [-0.05, 0) is 0 Å². The maximum Gasteiger partial charge on any atom is 0.337 e. The molecule has 24 heavy (non-hydrogen) atoms. The van der Waals surface area contributed by atoms with E-state index >= 15 is 0 Å². The van der Waals surface area contributed by atoms with Crippen molar-refractivity contribution in [3.8, 4) is 0 Å². The van der Waals surface area contributed by atoms with Crippen molar-refractivity contribution in [2.24, 2.45) is 0 Å². The van der Waals surface area contributed by atoms with Crippen molar-refractivity contribution in [3.05, 3.63) is 33.4 Å². The summed E-state index contributed by atoms with van der Waals surface area (Å²) in [6.07, 6.45) is -7.91. The molecule has 0 radical (unpaired) electrons. The number of carboxylic acids is 4. The average Bonchev–Trinajstić information content (AvgIpc) is 2.42. The fourth-order valence-corrected chi connectivity index (χ4v) is 2.11. The third kappa shape index (κ3) is 2.98. The van der Waals surface area contributed by atoms with Gasteiger partial charge in [-0.3, -0.25) is 0 Å². The maximum atomic E-state index is 13.1. The Labute approximate surface area is 128 Å². The van der Waals surface area contributed by atoms with E-state index in [1.54, 1.807) is 0 Å². The van der Waals surface area contributed by atoms with Crippen molar-refractivity contribution >= 4 is 23.9 Å². The molecule has 0 heterocycles. The highest BCUT2D eigenvalue weighted by molar-refractivity contribution is 6.12. The first kappa shape index (κ1) is 18.9. The topological polar surface area (TPSA) is 149 Å². The van der Waals surface area contributed by atoms with E-state index < -0.39 is 70.1 Å². The zero-order valence-corrected chi connectivity index (χ0v) is 11.1. The van der Waals surface area contributed by atoms with Gasteiger partial charge in [0, 0.05) is 11.1 Å². The Kier molecular flexibility index (Phi) is 5.12. The summed E-state index contributed by atoms with van der Waals surface area (Å²) < 4.78 is 52.5. The summed E-state index contributed by atoms with van der Waals surface area (Å²) in [6.45, 7) is 0. The molecule has 0 atom stereocenters. The molecule has 0 fully saturated rings. The predicted molar refractivity (Wildman–Crippen MR) is 64.2 cm³/mol. The van der Waals surface area contributed by atoms with Gasteiger partial charge in [-0.15, -0.1) is 0 Å². The molecular weight excluding hydrogens is 348 g/mol. The van der Waals surface area contributed by atoms with Crippen LogP contribution in [0.1, 0.15) is 65.4 Å². The van der Waals surface area contributed by atoms with Crippen LogP contribution >= 0.6 is 0 Å². The molecule has 4 N–H and O–H groups in total. The van der Waals surface area contributed by atoms with Gasteiger partial charge < -0.3 is 20.4 Å². The summed E-state index contributed by atoms with van der Waals surface area (Å²) in [7, 11) is 0. The standard InChI is InChI=1S/C12H6F4O8/c13-7(14)1-3(9(17)18)5(11(21)22)2(8(15)16)6(12(23)24)4(1)10(19)20/h7-8H,(H,17,18)(H,19,20)(H,21,22)(H,23,24). The lowest BCUT2D eigenvalue weighted by Crippen LogP contribution is -2.24. The monoisotopic (exact) mass is 354 g/mol. The first-order valence-corrected chi connectivity index (χ1v) is 5.66. The minimum absolute atomic E-state index is 1.91. The fourth-order valence-electron chi connectivity index (χ4n) is 2.11. The fraction of sp³-hybridized carbons (Fsp3) is 0.167.